The molecule has 5 rings (SSSR count). The first-order valence-corrected chi connectivity index (χ1v) is 11.3. The zero-order chi connectivity index (χ0) is 21.7. The van der Waals surface area contributed by atoms with Gasteiger partial charge in [-0.3, -0.25) is 4.79 Å². The monoisotopic (exact) mass is 438 g/mol. The van der Waals surface area contributed by atoms with Crippen molar-refractivity contribution in [3.05, 3.63) is 52.3 Å². The van der Waals surface area contributed by atoms with E-state index < -0.39 is 0 Å². The number of nitrogen functional groups attached to an aromatic ring is 1. The first-order valence-electron chi connectivity index (χ1n) is 10.9. The molecule has 2 atom stereocenters. The fraction of sp³-hybridized carbons (Fsp3) is 0.435. The van der Waals surface area contributed by atoms with Crippen molar-refractivity contribution in [1.82, 2.24) is 19.5 Å². The van der Waals surface area contributed by atoms with Gasteiger partial charge >= 0.3 is 0 Å². The summed E-state index contributed by atoms with van der Waals surface area (Å²) in [5, 5.41) is 5.32. The lowest BCUT2D eigenvalue weighted by atomic mass is 9.91. The highest BCUT2D eigenvalue weighted by atomic mass is 35.5. The molecule has 2 aliphatic heterocycles. The van der Waals surface area contributed by atoms with Crippen molar-refractivity contribution in [2.24, 2.45) is 5.92 Å². The molecule has 7 nitrogen and oxygen atoms in total. The number of carbonyl (C=O) groups excluding carboxylic acids is 1. The number of rotatable bonds is 3. The summed E-state index contributed by atoms with van der Waals surface area (Å²) in [5.74, 6) is 1.34. The van der Waals surface area contributed by atoms with Gasteiger partial charge in [0.2, 0.25) is 0 Å². The second-order valence-corrected chi connectivity index (χ2v) is 9.28. The molecule has 0 saturated carbocycles. The van der Waals surface area contributed by atoms with Crippen LogP contribution in [0.2, 0.25) is 5.02 Å². The van der Waals surface area contributed by atoms with Gasteiger partial charge in [0, 0.05) is 48.2 Å². The highest BCUT2D eigenvalue weighted by Gasteiger charge is 2.34. The maximum Gasteiger partial charge on any atom is 0.256 e. The molecule has 2 aromatic heterocycles. The Kier molecular flexibility index (Phi) is 5.01. The molecule has 2 saturated heterocycles. The van der Waals surface area contributed by atoms with Crippen LogP contribution in [0.4, 0.5) is 11.5 Å². The van der Waals surface area contributed by atoms with Gasteiger partial charge in [0.25, 0.3) is 5.91 Å². The largest absolute Gasteiger partial charge is 0.398 e. The number of fused-ring (bicyclic) bond motifs is 1. The second kappa shape index (κ2) is 7.71. The topological polar surface area (TPSA) is 79.8 Å². The molecule has 0 radical (unpaired) electrons. The maximum absolute atomic E-state index is 13.5. The van der Waals surface area contributed by atoms with Crippen LogP contribution in [0.3, 0.4) is 0 Å². The van der Waals surface area contributed by atoms with Gasteiger partial charge < -0.3 is 15.5 Å². The van der Waals surface area contributed by atoms with Crippen molar-refractivity contribution < 1.29 is 4.79 Å². The predicted molar refractivity (Wildman–Crippen MR) is 123 cm³/mol. The van der Waals surface area contributed by atoms with Crippen LogP contribution >= 0.6 is 11.6 Å². The summed E-state index contributed by atoms with van der Waals surface area (Å²) in [4.78, 5) is 22.6. The fourth-order valence-corrected chi connectivity index (χ4v) is 4.76. The molecule has 2 N–H and O–H groups in total. The van der Waals surface area contributed by atoms with Crippen LogP contribution in [0.5, 0.6) is 0 Å². The van der Waals surface area contributed by atoms with E-state index >= 15 is 0 Å². The van der Waals surface area contributed by atoms with Crippen LogP contribution in [0, 0.1) is 12.8 Å². The van der Waals surface area contributed by atoms with Gasteiger partial charge in [-0.05, 0) is 50.3 Å². The third kappa shape index (κ3) is 3.61. The SMILES string of the molecule is Cc1cn2nc([C@@H]3CC[C@H](C)CN3C(=O)c3cc(Cl)ccc3N)cc2nc1N1CCC1. The molecule has 2 fully saturated rings. The van der Waals surface area contributed by atoms with Crippen molar-refractivity contribution >= 4 is 34.7 Å². The number of nitrogens with zero attached hydrogens (tertiary/aromatic N) is 5. The molecule has 31 heavy (non-hydrogen) atoms. The number of hydrogen-bond acceptors (Lipinski definition) is 5. The lowest BCUT2D eigenvalue weighted by Crippen LogP contribution is -2.42. The number of nitrogens with two attached hydrogens (primary N) is 1. The standard InChI is InChI=1S/C23H27ClN6O/c1-14-4-7-20(29(12-14)23(31)17-10-16(24)5-6-18(17)25)19-11-21-26-22(28-8-3-9-28)15(2)13-30(21)27-19/h5-6,10-11,13-14,20H,3-4,7-9,12,25H2,1-2H3/t14-,20-/m0/s1. The molecule has 162 valence electrons. The maximum atomic E-state index is 13.5. The van der Waals surface area contributed by atoms with Gasteiger partial charge in [0.05, 0.1) is 17.3 Å². The smallest absolute Gasteiger partial charge is 0.256 e. The van der Waals surface area contributed by atoms with E-state index in [0.29, 0.717) is 28.7 Å². The molecule has 0 unspecified atom stereocenters. The van der Waals surface area contributed by atoms with Gasteiger partial charge in [0.1, 0.15) is 5.82 Å². The predicted octanol–water partition coefficient (Wildman–Crippen LogP) is 4.10. The minimum absolute atomic E-state index is 0.0981. The third-order valence-corrected chi connectivity index (χ3v) is 6.68. The van der Waals surface area contributed by atoms with Crippen LogP contribution in [0.25, 0.3) is 5.65 Å². The molecular weight excluding hydrogens is 412 g/mol. The number of hydrogen-bond donors (Lipinski definition) is 1. The van der Waals surface area contributed by atoms with E-state index in [1.807, 2.05) is 21.7 Å². The Morgan fingerprint density at radius 2 is 2.03 bits per heavy atom. The lowest BCUT2D eigenvalue weighted by molar-refractivity contribution is 0.0538. The van der Waals surface area contributed by atoms with Crippen molar-refractivity contribution in [2.45, 2.75) is 39.2 Å². The van der Waals surface area contributed by atoms with E-state index in [-0.39, 0.29) is 11.9 Å². The Balaban J connectivity index is 1.51. The highest BCUT2D eigenvalue weighted by Crippen LogP contribution is 2.35. The summed E-state index contributed by atoms with van der Waals surface area (Å²) in [7, 11) is 0. The molecule has 2 aliphatic rings. The molecule has 4 heterocycles. The normalized spacial score (nSPS) is 21.4. The molecule has 1 aromatic carbocycles. The number of carbonyl (C=O) groups is 1. The van der Waals surface area contributed by atoms with Crippen LogP contribution in [-0.2, 0) is 0 Å². The van der Waals surface area contributed by atoms with Gasteiger partial charge in [-0.1, -0.05) is 18.5 Å². The van der Waals surface area contributed by atoms with Crippen LogP contribution in [-0.4, -0.2) is 45.0 Å². The summed E-state index contributed by atoms with van der Waals surface area (Å²) >= 11 is 6.15. The molecule has 3 aromatic rings. The number of likely N-dealkylation sites (tertiary alicyclic amines) is 1. The molecular formula is C23H27ClN6O. The van der Waals surface area contributed by atoms with E-state index in [1.165, 1.54) is 6.42 Å². The molecule has 1 amide bonds. The summed E-state index contributed by atoms with van der Waals surface area (Å²) in [5.41, 5.74) is 9.80. The van der Waals surface area contributed by atoms with Crippen molar-refractivity contribution in [3.8, 4) is 0 Å². The van der Waals surface area contributed by atoms with E-state index in [2.05, 4.69) is 18.7 Å². The van der Waals surface area contributed by atoms with Crippen molar-refractivity contribution in [1.29, 1.82) is 0 Å². The summed E-state index contributed by atoms with van der Waals surface area (Å²) in [6.07, 6.45) is 5.14. The summed E-state index contributed by atoms with van der Waals surface area (Å²) in [6.45, 7) is 7.01. The lowest BCUT2D eigenvalue weighted by Gasteiger charge is -2.38. The number of aromatic nitrogens is 3. The van der Waals surface area contributed by atoms with Gasteiger partial charge in [-0.25, -0.2) is 9.50 Å². The Morgan fingerprint density at radius 3 is 2.77 bits per heavy atom. The molecule has 0 spiro atoms. The fourth-order valence-electron chi connectivity index (χ4n) is 4.58. The number of benzene rings is 1. The van der Waals surface area contributed by atoms with Crippen molar-refractivity contribution in [2.75, 3.05) is 30.3 Å². The number of aryl methyl sites for hydroxylation is 1. The van der Waals surface area contributed by atoms with E-state index in [4.69, 9.17) is 27.4 Å². The molecule has 0 aliphatic carbocycles. The third-order valence-electron chi connectivity index (χ3n) is 6.45. The van der Waals surface area contributed by atoms with Gasteiger partial charge in [0.15, 0.2) is 5.65 Å². The number of halogens is 1. The van der Waals surface area contributed by atoms with Crippen LogP contribution in [0.15, 0.2) is 30.5 Å². The van der Waals surface area contributed by atoms with Crippen LogP contribution < -0.4 is 10.6 Å². The summed E-state index contributed by atoms with van der Waals surface area (Å²) < 4.78 is 1.84. The second-order valence-electron chi connectivity index (χ2n) is 8.85. The first-order chi connectivity index (χ1) is 14.9. The highest BCUT2D eigenvalue weighted by molar-refractivity contribution is 6.31. The van der Waals surface area contributed by atoms with E-state index in [9.17, 15) is 4.79 Å². The molecule has 8 heteroatoms. The zero-order valence-corrected chi connectivity index (χ0v) is 18.6. The zero-order valence-electron chi connectivity index (χ0n) is 17.9. The minimum atomic E-state index is -0.114. The Bertz CT molecular complexity index is 1150. The van der Waals surface area contributed by atoms with E-state index in [0.717, 1.165) is 48.7 Å². The Hall–Kier alpha value is -2.80. The molecule has 0 bridgehead atoms. The number of piperidine rings is 1. The van der Waals surface area contributed by atoms with Gasteiger partial charge in [-0.15, -0.1) is 0 Å². The average molecular weight is 439 g/mol. The number of amides is 1. The Morgan fingerprint density at radius 1 is 1.23 bits per heavy atom. The van der Waals surface area contributed by atoms with E-state index in [1.54, 1.807) is 18.2 Å². The van der Waals surface area contributed by atoms with Crippen molar-refractivity contribution in [3.63, 3.8) is 0 Å². The summed E-state index contributed by atoms with van der Waals surface area (Å²) in [6, 6.07) is 6.95. The van der Waals surface area contributed by atoms with Gasteiger partial charge in [-0.2, -0.15) is 5.10 Å². The number of anilines is 2. The Labute approximate surface area is 186 Å². The first kappa shape index (κ1) is 20.1. The quantitative estimate of drug-likeness (QED) is 0.623. The van der Waals surface area contributed by atoms with Crippen LogP contribution in [0.1, 0.15) is 53.8 Å². The minimum Gasteiger partial charge on any atom is -0.398 e. The average Bonchev–Trinajstić information content (AvgIpc) is 3.10.